The van der Waals surface area contributed by atoms with E-state index in [4.69, 9.17) is 16.3 Å². The maximum atomic E-state index is 6.18. The van der Waals surface area contributed by atoms with Crippen LogP contribution in [0, 0.1) is 0 Å². The predicted molar refractivity (Wildman–Crippen MR) is 73.7 cm³/mol. The van der Waals surface area contributed by atoms with Crippen molar-refractivity contribution in [3.05, 3.63) is 34.9 Å². The van der Waals surface area contributed by atoms with Crippen molar-refractivity contribution in [1.82, 2.24) is 5.32 Å². The Morgan fingerprint density at radius 2 is 2.12 bits per heavy atom. The van der Waals surface area contributed by atoms with Crippen LogP contribution in [0.1, 0.15) is 25.3 Å². The normalized spacial score (nSPS) is 12.6. The summed E-state index contributed by atoms with van der Waals surface area (Å²) in [6.45, 7) is 3.95. The summed E-state index contributed by atoms with van der Waals surface area (Å²) in [6.07, 6.45) is 3.18. The topological polar surface area (TPSA) is 21.3 Å². The Bertz CT molecular complexity index is 317. The van der Waals surface area contributed by atoms with Crippen LogP contribution < -0.4 is 5.32 Å². The number of halogens is 1. The molecular weight excluding hydrogens is 234 g/mol. The Morgan fingerprint density at radius 3 is 2.76 bits per heavy atom. The Morgan fingerprint density at radius 1 is 1.35 bits per heavy atom. The van der Waals surface area contributed by atoms with Crippen molar-refractivity contribution >= 4 is 11.6 Å². The smallest absolute Gasteiger partial charge is 0.0462 e. The summed E-state index contributed by atoms with van der Waals surface area (Å²) in [5.74, 6) is 0. The van der Waals surface area contributed by atoms with Crippen LogP contribution in [0.25, 0.3) is 0 Å². The molecule has 0 aromatic heterocycles. The van der Waals surface area contributed by atoms with Gasteiger partial charge in [0.05, 0.1) is 0 Å². The van der Waals surface area contributed by atoms with Crippen LogP contribution in [0.3, 0.4) is 0 Å². The van der Waals surface area contributed by atoms with Crippen molar-refractivity contribution in [2.75, 3.05) is 20.3 Å². The molecule has 0 saturated heterocycles. The van der Waals surface area contributed by atoms with Crippen molar-refractivity contribution in [3.63, 3.8) is 0 Å². The summed E-state index contributed by atoms with van der Waals surface area (Å²) >= 11 is 6.18. The van der Waals surface area contributed by atoms with Crippen molar-refractivity contribution in [2.45, 2.75) is 32.2 Å². The molecule has 2 nitrogen and oxygen atoms in total. The van der Waals surface area contributed by atoms with Crippen molar-refractivity contribution < 1.29 is 4.74 Å². The van der Waals surface area contributed by atoms with E-state index in [9.17, 15) is 0 Å². The second-order valence-electron chi connectivity index (χ2n) is 4.19. The summed E-state index contributed by atoms with van der Waals surface area (Å²) in [5, 5.41) is 4.37. The van der Waals surface area contributed by atoms with E-state index < -0.39 is 0 Å². The molecule has 0 aliphatic heterocycles. The highest BCUT2D eigenvalue weighted by atomic mass is 35.5. The van der Waals surface area contributed by atoms with Crippen LogP contribution >= 0.6 is 11.6 Å². The largest absolute Gasteiger partial charge is 0.385 e. The van der Waals surface area contributed by atoms with Gasteiger partial charge in [-0.2, -0.15) is 0 Å². The van der Waals surface area contributed by atoms with Gasteiger partial charge in [0.15, 0.2) is 0 Å². The lowest BCUT2D eigenvalue weighted by atomic mass is 10.0. The van der Waals surface area contributed by atoms with Gasteiger partial charge in [0.25, 0.3) is 0 Å². The predicted octanol–water partition coefficient (Wildman–Crippen LogP) is 3.29. The van der Waals surface area contributed by atoms with Gasteiger partial charge in [-0.25, -0.2) is 0 Å². The lowest BCUT2D eigenvalue weighted by Gasteiger charge is -2.18. The maximum Gasteiger partial charge on any atom is 0.0462 e. The Labute approximate surface area is 109 Å². The first-order valence-electron chi connectivity index (χ1n) is 6.23. The second kappa shape index (κ2) is 8.51. The van der Waals surface area contributed by atoms with Crippen LogP contribution in [0.4, 0.5) is 0 Å². The quantitative estimate of drug-likeness (QED) is 0.720. The highest BCUT2D eigenvalue weighted by Crippen LogP contribution is 2.18. The van der Waals surface area contributed by atoms with Gasteiger partial charge in [-0.05, 0) is 37.4 Å². The van der Waals surface area contributed by atoms with E-state index in [0.29, 0.717) is 6.04 Å². The first-order valence-corrected chi connectivity index (χ1v) is 6.61. The molecule has 96 valence electrons. The highest BCUT2D eigenvalue weighted by molar-refractivity contribution is 6.31. The number of hydrogen-bond acceptors (Lipinski definition) is 2. The molecule has 0 spiro atoms. The zero-order valence-corrected chi connectivity index (χ0v) is 11.5. The van der Waals surface area contributed by atoms with Gasteiger partial charge in [0, 0.05) is 24.8 Å². The lowest BCUT2D eigenvalue weighted by Crippen LogP contribution is -2.31. The molecule has 0 aliphatic carbocycles. The summed E-state index contributed by atoms with van der Waals surface area (Å²) in [7, 11) is 1.75. The Kier molecular flexibility index (Phi) is 7.25. The van der Waals surface area contributed by atoms with Gasteiger partial charge < -0.3 is 10.1 Å². The fourth-order valence-electron chi connectivity index (χ4n) is 1.97. The zero-order valence-electron chi connectivity index (χ0n) is 10.7. The number of rotatable bonds is 8. The molecule has 0 saturated carbocycles. The number of hydrogen-bond donors (Lipinski definition) is 1. The monoisotopic (exact) mass is 255 g/mol. The number of ether oxygens (including phenoxy) is 1. The molecule has 0 aliphatic rings. The van der Waals surface area contributed by atoms with Crippen molar-refractivity contribution in [1.29, 1.82) is 0 Å². The molecule has 0 fully saturated rings. The van der Waals surface area contributed by atoms with Gasteiger partial charge in [0.1, 0.15) is 0 Å². The van der Waals surface area contributed by atoms with Crippen LogP contribution in [0.15, 0.2) is 24.3 Å². The van der Waals surface area contributed by atoms with Crippen LogP contribution in [-0.2, 0) is 11.2 Å². The van der Waals surface area contributed by atoms with E-state index in [1.54, 1.807) is 7.11 Å². The molecule has 1 aromatic rings. The van der Waals surface area contributed by atoms with E-state index >= 15 is 0 Å². The maximum absolute atomic E-state index is 6.18. The van der Waals surface area contributed by atoms with E-state index in [-0.39, 0.29) is 0 Å². The van der Waals surface area contributed by atoms with E-state index in [0.717, 1.165) is 37.4 Å². The van der Waals surface area contributed by atoms with Gasteiger partial charge in [-0.1, -0.05) is 36.7 Å². The minimum absolute atomic E-state index is 0.482. The molecule has 3 heteroatoms. The number of methoxy groups -OCH3 is 1. The SMILES string of the molecule is CCNC(CCCOC)Cc1ccccc1Cl. The van der Waals surface area contributed by atoms with Crippen LogP contribution in [-0.4, -0.2) is 26.3 Å². The first-order chi connectivity index (χ1) is 8.27. The summed E-state index contributed by atoms with van der Waals surface area (Å²) in [5.41, 5.74) is 1.22. The molecule has 1 N–H and O–H groups in total. The number of likely N-dealkylation sites (N-methyl/N-ethyl adjacent to an activating group) is 1. The van der Waals surface area contributed by atoms with Crippen LogP contribution in [0.2, 0.25) is 5.02 Å². The Hall–Kier alpha value is -0.570. The Balaban J connectivity index is 2.50. The lowest BCUT2D eigenvalue weighted by molar-refractivity contribution is 0.188. The van der Waals surface area contributed by atoms with Crippen molar-refractivity contribution in [3.8, 4) is 0 Å². The average Bonchev–Trinajstić information content (AvgIpc) is 2.32. The third-order valence-corrected chi connectivity index (χ3v) is 3.19. The fourth-order valence-corrected chi connectivity index (χ4v) is 2.18. The van der Waals surface area contributed by atoms with Crippen LogP contribution in [0.5, 0.6) is 0 Å². The van der Waals surface area contributed by atoms with Gasteiger partial charge in [-0.15, -0.1) is 0 Å². The molecule has 0 heterocycles. The minimum Gasteiger partial charge on any atom is -0.385 e. The number of nitrogens with one attached hydrogen (secondary N) is 1. The zero-order chi connectivity index (χ0) is 12.5. The highest BCUT2D eigenvalue weighted by Gasteiger charge is 2.10. The molecule has 17 heavy (non-hydrogen) atoms. The van der Waals surface area contributed by atoms with Gasteiger partial charge in [0.2, 0.25) is 0 Å². The fraction of sp³-hybridized carbons (Fsp3) is 0.571. The summed E-state index contributed by atoms with van der Waals surface area (Å²) in [4.78, 5) is 0. The average molecular weight is 256 g/mol. The molecule has 1 aromatic carbocycles. The molecule has 0 bridgehead atoms. The third-order valence-electron chi connectivity index (χ3n) is 2.82. The first kappa shape index (κ1) is 14.5. The minimum atomic E-state index is 0.482. The molecule has 1 rings (SSSR count). The molecule has 1 atom stereocenters. The molecule has 0 amide bonds. The summed E-state index contributed by atoms with van der Waals surface area (Å²) < 4.78 is 5.09. The molecule has 0 radical (unpaired) electrons. The second-order valence-corrected chi connectivity index (χ2v) is 4.59. The number of benzene rings is 1. The van der Waals surface area contributed by atoms with E-state index in [1.165, 1.54) is 5.56 Å². The van der Waals surface area contributed by atoms with Crippen molar-refractivity contribution in [2.24, 2.45) is 0 Å². The molecule has 1 unspecified atom stereocenters. The van der Waals surface area contributed by atoms with E-state index in [1.807, 2.05) is 18.2 Å². The van der Waals surface area contributed by atoms with Gasteiger partial charge in [-0.3, -0.25) is 0 Å². The van der Waals surface area contributed by atoms with E-state index in [2.05, 4.69) is 18.3 Å². The van der Waals surface area contributed by atoms with Gasteiger partial charge >= 0.3 is 0 Å². The third kappa shape index (κ3) is 5.53. The summed E-state index contributed by atoms with van der Waals surface area (Å²) in [6, 6.07) is 8.55. The molecular formula is C14H22ClNO. The standard InChI is InChI=1S/C14H22ClNO/c1-3-16-13(8-6-10-17-2)11-12-7-4-5-9-14(12)15/h4-5,7,9,13,16H,3,6,8,10-11H2,1-2H3.